The topological polar surface area (TPSA) is 15.7 Å². The Labute approximate surface area is 226 Å². The molecule has 0 spiro atoms. The molecular formula is C35H36N2O. The molecule has 3 heterocycles. The van der Waals surface area contributed by atoms with Gasteiger partial charge in [0.1, 0.15) is 5.75 Å². The molecule has 3 aliphatic rings. The van der Waals surface area contributed by atoms with E-state index >= 15 is 0 Å². The molecule has 3 aliphatic heterocycles. The Morgan fingerprint density at radius 3 is 1.95 bits per heavy atom. The first-order valence-electron chi connectivity index (χ1n) is 14.4. The average Bonchev–Trinajstić information content (AvgIpc) is 3.39. The first kappa shape index (κ1) is 23.4. The minimum atomic E-state index is -0.658. The van der Waals surface area contributed by atoms with Crippen LogP contribution in [-0.4, -0.2) is 26.2 Å². The van der Waals surface area contributed by atoms with Gasteiger partial charge in [-0.2, -0.15) is 0 Å². The highest BCUT2D eigenvalue weighted by atomic mass is 16.5. The number of nitrogens with zero attached hydrogens (tertiary/aromatic N) is 2. The van der Waals surface area contributed by atoms with Gasteiger partial charge in [-0.15, -0.1) is 0 Å². The summed E-state index contributed by atoms with van der Waals surface area (Å²) in [5.41, 5.74) is 5.47. The van der Waals surface area contributed by atoms with E-state index in [2.05, 4.69) is 107 Å². The van der Waals surface area contributed by atoms with Gasteiger partial charge in [-0.3, -0.25) is 0 Å². The summed E-state index contributed by atoms with van der Waals surface area (Å²) in [7, 11) is 0. The van der Waals surface area contributed by atoms with Crippen molar-refractivity contribution in [1.82, 2.24) is 0 Å². The van der Waals surface area contributed by atoms with Crippen molar-refractivity contribution < 1.29 is 4.74 Å². The number of ether oxygens (including phenoxy) is 1. The molecule has 192 valence electrons. The highest BCUT2D eigenvalue weighted by Gasteiger charge is 2.37. The van der Waals surface area contributed by atoms with Crippen LogP contribution in [0.1, 0.15) is 55.2 Å². The molecule has 4 aromatic carbocycles. The smallest absolute Gasteiger partial charge is 0.178 e. The van der Waals surface area contributed by atoms with E-state index in [1.807, 2.05) is 0 Å². The molecule has 2 saturated heterocycles. The predicted octanol–water partition coefficient (Wildman–Crippen LogP) is 8.17. The number of anilines is 2. The Morgan fingerprint density at radius 2 is 1.21 bits per heavy atom. The summed E-state index contributed by atoms with van der Waals surface area (Å²) in [6.45, 7) is 4.63. The van der Waals surface area contributed by atoms with Crippen molar-refractivity contribution >= 4 is 28.2 Å². The molecule has 1 atom stereocenters. The summed E-state index contributed by atoms with van der Waals surface area (Å²) in [6, 6.07) is 31.1. The Bertz CT molecular complexity index is 1450. The third-order valence-corrected chi connectivity index (χ3v) is 8.70. The van der Waals surface area contributed by atoms with Gasteiger partial charge < -0.3 is 14.5 Å². The van der Waals surface area contributed by atoms with Crippen LogP contribution in [0.15, 0.2) is 91.0 Å². The monoisotopic (exact) mass is 500 g/mol. The third-order valence-electron chi connectivity index (χ3n) is 8.70. The van der Waals surface area contributed by atoms with Crippen LogP contribution in [0.5, 0.6) is 5.75 Å². The van der Waals surface area contributed by atoms with E-state index in [9.17, 15) is 0 Å². The van der Waals surface area contributed by atoms with Crippen LogP contribution in [0, 0.1) is 0 Å². The van der Waals surface area contributed by atoms with E-state index in [0.717, 1.165) is 43.1 Å². The Morgan fingerprint density at radius 1 is 0.579 bits per heavy atom. The van der Waals surface area contributed by atoms with Gasteiger partial charge in [0.2, 0.25) is 0 Å². The molecule has 0 bridgehead atoms. The average molecular weight is 501 g/mol. The standard InChI is InChI=1S/C35H36N2O/c1-2-7-23-36(22-6-1)30-15-13-29(14-16-30)35(28-10-4-3-5-11-28)21-20-33-32-18-17-31(37-24-8-9-25-37)26-27(32)12-19-34(33)38-35/h3-5,10-21,26H,1-2,6-9,22-25H2. The maximum atomic E-state index is 7.02. The maximum absolute atomic E-state index is 7.02. The lowest BCUT2D eigenvalue weighted by Gasteiger charge is -2.37. The van der Waals surface area contributed by atoms with Crippen LogP contribution in [-0.2, 0) is 5.60 Å². The molecule has 0 aliphatic carbocycles. The van der Waals surface area contributed by atoms with Crippen molar-refractivity contribution in [2.45, 2.75) is 44.1 Å². The second kappa shape index (κ2) is 9.87. The quantitative estimate of drug-likeness (QED) is 0.281. The first-order chi connectivity index (χ1) is 18.8. The SMILES string of the molecule is C1=CC(c2ccccc2)(c2ccc(N3CCCCCC3)cc2)Oc2ccc3cc(N4CCCC4)ccc3c21. The van der Waals surface area contributed by atoms with Gasteiger partial charge >= 0.3 is 0 Å². The molecule has 0 saturated carbocycles. The molecule has 38 heavy (non-hydrogen) atoms. The minimum absolute atomic E-state index is 0.658. The molecule has 0 amide bonds. The summed E-state index contributed by atoms with van der Waals surface area (Å²) in [5, 5.41) is 2.52. The van der Waals surface area contributed by atoms with E-state index in [-0.39, 0.29) is 0 Å². The molecule has 0 aromatic heterocycles. The lowest BCUT2D eigenvalue weighted by Crippen LogP contribution is -2.34. The van der Waals surface area contributed by atoms with Crippen molar-refractivity contribution in [2.24, 2.45) is 0 Å². The molecule has 3 heteroatoms. The summed E-state index contributed by atoms with van der Waals surface area (Å²) in [6.07, 6.45) is 12.4. The van der Waals surface area contributed by atoms with Gasteiger partial charge in [0.25, 0.3) is 0 Å². The molecule has 2 fully saturated rings. The maximum Gasteiger partial charge on any atom is 0.178 e. The van der Waals surface area contributed by atoms with Gasteiger partial charge in [0.05, 0.1) is 0 Å². The van der Waals surface area contributed by atoms with Crippen LogP contribution in [0.4, 0.5) is 11.4 Å². The third kappa shape index (κ3) is 4.15. The fraction of sp³-hybridized carbons (Fsp3) is 0.314. The van der Waals surface area contributed by atoms with Gasteiger partial charge in [-0.1, -0.05) is 67.4 Å². The lowest BCUT2D eigenvalue weighted by atomic mass is 9.83. The molecule has 3 nitrogen and oxygen atoms in total. The Hall–Kier alpha value is -3.72. The number of hydrogen-bond donors (Lipinski definition) is 0. The van der Waals surface area contributed by atoms with Gasteiger partial charge in [-0.25, -0.2) is 0 Å². The zero-order valence-electron chi connectivity index (χ0n) is 22.1. The highest BCUT2D eigenvalue weighted by molar-refractivity contribution is 5.96. The van der Waals surface area contributed by atoms with E-state index in [4.69, 9.17) is 4.74 Å². The van der Waals surface area contributed by atoms with Gasteiger partial charge in [0, 0.05) is 54.2 Å². The molecule has 0 N–H and O–H groups in total. The Kier molecular flexibility index (Phi) is 6.08. The summed E-state index contributed by atoms with van der Waals surface area (Å²) >= 11 is 0. The predicted molar refractivity (Wildman–Crippen MR) is 159 cm³/mol. The van der Waals surface area contributed by atoms with Crippen molar-refractivity contribution in [3.8, 4) is 5.75 Å². The lowest BCUT2D eigenvalue weighted by molar-refractivity contribution is 0.161. The number of fused-ring (bicyclic) bond motifs is 3. The summed E-state index contributed by atoms with van der Waals surface area (Å²) in [5.74, 6) is 0.939. The summed E-state index contributed by atoms with van der Waals surface area (Å²) < 4.78 is 7.02. The fourth-order valence-electron chi connectivity index (χ4n) is 6.57. The van der Waals surface area contributed by atoms with Crippen LogP contribution in [0.25, 0.3) is 16.8 Å². The Balaban J connectivity index is 1.27. The summed E-state index contributed by atoms with van der Waals surface area (Å²) in [4.78, 5) is 5.04. The number of rotatable bonds is 4. The van der Waals surface area contributed by atoms with Gasteiger partial charge in [-0.05, 0) is 78.9 Å². The van der Waals surface area contributed by atoms with Gasteiger partial charge in [0.15, 0.2) is 5.60 Å². The molecular weight excluding hydrogens is 464 g/mol. The van der Waals surface area contributed by atoms with Crippen LogP contribution in [0.2, 0.25) is 0 Å². The van der Waals surface area contributed by atoms with E-state index in [0.29, 0.717) is 0 Å². The van der Waals surface area contributed by atoms with Crippen LogP contribution < -0.4 is 14.5 Å². The van der Waals surface area contributed by atoms with Crippen LogP contribution >= 0.6 is 0 Å². The zero-order valence-corrected chi connectivity index (χ0v) is 22.1. The number of benzene rings is 4. The normalized spacial score (nSPS) is 21.3. The zero-order chi connectivity index (χ0) is 25.4. The van der Waals surface area contributed by atoms with Crippen molar-refractivity contribution in [3.63, 3.8) is 0 Å². The first-order valence-corrected chi connectivity index (χ1v) is 14.4. The second-order valence-electron chi connectivity index (χ2n) is 11.1. The minimum Gasteiger partial charge on any atom is -0.473 e. The number of hydrogen-bond acceptors (Lipinski definition) is 3. The largest absolute Gasteiger partial charge is 0.473 e. The van der Waals surface area contributed by atoms with Crippen molar-refractivity contribution in [3.05, 3.63) is 108 Å². The molecule has 7 rings (SSSR count). The second-order valence-corrected chi connectivity index (χ2v) is 11.1. The fourth-order valence-corrected chi connectivity index (χ4v) is 6.57. The van der Waals surface area contributed by atoms with Crippen molar-refractivity contribution in [1.29, 1.82) is 0 Å². The molecule has 4 aromatic rings. The molecule has 0 radical (unpaired) electrons. The van der Waals surface area contributed by atoms with E-state index in [1.54, 1.807) is 0 Å². The highest BCUT2D eigenvalue weighted by Crippen LogP contribution is 2.45. The van der Waals surface area contributed by atoms with E-state index < -0.39 is 5.60 Å². The van der Waals surface area contributed by atoms with Crippen LogP contribution in [0.3, 0.4) is 0 Å². The van der Waals surface area contributed by atoms with E-state index in [1.165, 1.54) is 66.2 Å². The van der Waals surface area contributed by atoms with Crippen molar-refractivity contribution in [2.75, 3.05) is 36.0 Å². The molecule has 1 unspecified atom stereocenters.